The minimum atomic E-state index is 0.00593. The van der Waals surface area contributed by atoms with Gasteiger partial charge >= 0.3 is 0 Å². The van der Waals surface area contributed by atoms with Gasteiger partial charge in [-0.05, 0) is 25.7 Å². The van der Waals surface area contributed by atoms with Gasteiger partial charge in [0.1, 0.15) is 5.76 Å². The van der Waals surface area contributed by atoms with Crippen molar-refractivity contribution < 1.29 is 9.32 Å². The fourth-order valence-electron chi connectivity index (χ4n) is 2.17. The van der Waals surface area contributed by atoms with E-state index in [1.807, 2.05) is 4.90 Å². The Morgan fingerprint density at radius 2 is 2.25 bits per heavy atom. The molecule has 1 aliphatic heterocycles. The summed E-state index contributed by atoms with van der Waals surface area (Å²) in [5, 5.41) is 3.76. The highest BCUT2D eigenvalue weighted by atomic mass is 16.5. The van der Waals surface area contributed by atoms with Crippen LogP contribution in [-0.4, -0.2) is 29.1 Å². The Morgan fingerprint density at radius 3 is 2.75 bits per heavy atom. The fourth-order valence-corrected chi connectivity index (χ4v) is 2.17. The second-order valence-corrected chi connectivity index (χ2v) is 4.47. The molecule has 2 heterocycles. The molecule has 1 aromatic heterocycles. The lowest BCUT2D eigenvalue weighted by Crippen LogP contribution is -2.38. The van der Waals surface area contributed by atoms with Crippen LogP contribution in [0.25, 0.3) is 0 Å². The molecule has 16 heavy (non-hydrogen) atoms. The van der Waals surface area contributed by atoms with Gasteiger partial charge in [0.25, 0.3) is 5.91 Å². The molecule has 0 radical (unpaired) electrons. The Bertz CT molecular complexity index is 365. The molecule has 1 aliphatic rings. The molecule has 1 aromatic rings. The van der Waals surface area contributed by atoms with Gasteiger partial charge in [0, 0.05) is 19.2 Å². The highest BCUT2D eigenvalue weighted by molar-refractivity contribution is 5.92. The summed E-state index contributed by atoms with van der Waals surface area (Å²) < 4.78 is 4.92. The lowest BCUT2D eigenvalue weighted by Gasteiger charge is -2.30. The van der Waals surface area contributed by atoms with Crippen LogP contribution in [0, 0.1) is 12.8 Å². The molecular weight excluding hydrogens is 204 g/mol. The van der Waals surface area contributed by atoms with Crippen LogP contribution in [0.15, 0.2) is 10.6 Å². The standard InChI is InChI=1S/C12H18N2O2/c1-3-10-4-6-14(7-5-10)12(15)11-8-9(2)16-13-11/h8,10H,3-7H2,1-2H3. The van der Waals surface area contributed by atoms with Crippen LogP contribution < -0.4 is 0 Å². The summed E-state index contributed by atoms with van der Waals surface area (Å²) in [5.74, 6) is 1.47. The Kier molecular flexibility index (Phi) is 3.27. The molecule has 1 saturated heterocycles. The predicted octanol–water partition coefficient (Wildman–Crippen LogP) is 2.25. The SMILES string of the molecule is CCC1CCN(C(=O)c2cc(C)on2)CC1. The minimum absolute atomic E-state index is 0.00593. The van der Waals surface area contributed by atoms with E-state index in [2.05, 4.69) is 12.1 Å². The second kappa shape index (κ2) is 4.68. The monoisotopic (exact) mass is 222 g/mol. The fraction of sp³-hybridized carbons (Fsp3) is 0.667. The van der Waals surface area contributed by atoms with Crippen LogP contribution >= 0.6 is 0 Å². The van der Waals surface area contributed by atoms with E-state index in [4.69, 9.17) is 4.52 Å². The van der Waals surface area contributed by atoms with Crippen LogP contribution in [-0.2, 0) is 0 Å². The number of hydrogen-bond donors (Lipinski definition) is 0. The van der Waals surface area contributed by atoms with E-state index in [1.54, 1.807) is 13.0 Å². The molecule has 0 spiro atoms. The van der Waals surface area contributed by atoms with E-state index in [0.717, 1.165) is 31.8 Å². The number of carbonyl (C=O) groups is 1. The molecule has 1 fully saturated rings. The van der Waals surface area contributed by atoms with Gasteiger partial charge in [-0.3, -0.25) is 4.79 Å². The summed E-state index contributed by atoms with van der Waals surface area (Å²) in [6.07, 6.45) is 3.43. The number of likely N-dealkylation sites (tertiary alicyclic amines) is 1. The third kappa shape index (κ3) is 2.26. The molecule has 0 N–H and O–H groups in total. The van der Waals surface area contributed by atoms with Crippen molar-refractivity contribution in [2.75, 3.05) is 13.1 Å². The lowest BCUT2D eigenvalue weighted by molar-refractivity contribution is 0.0678. The van der Waals surface area contributed by atoms with Crippen LogP contribution in [0.5, 0.6) is 0 Å². The molecule has 0 aliphatic carbocycles. The van der Waals surface area contributed by atoms with Gasteiger partial charge in [-0.25, -0.2) is 0 Å². The number of nitrogens with zero attached hydrogens (tertiary/aromatic N) is 2. The molecule has 0 atom stereocenters. The van der Waals surface area contributed by atoms with Crippen molar-refractivity contribution in [3.63, 3.8) is 0 Å². The summed E-state index contributed by atoms with van der Waals surface area (Å²) in [5.41, 5.74) is 0.437. The van der Waals surface area contributed by atoms with E-state index in [9.17, 15) is 4.79 Å². The Hall–Kier alpha value is -1.32. The number of aryl methyl sites for hydroxylation is 1. The average molecular weight is 222 g/mol. The highest BCUT2D eigenvalue weighted by Gasteiger charge is 2.24. The molecule has 0 unspecified atom stereocenters. The molecular formula is C12H18N2O2. The topological polar surface area (TPSA) is 46.3 Å². The van der Waals surface area contributed by atoms with Crippen LogP contribution in [0.1, 0.15) is 42.4 Å². The largest absolute Gasteiger partial charge is 0.361 e. The number of hydrogen-bond acceptors (Lipinski definition) is 3. The third-order valence-electron chi connectivity index (χ3n) is 3.33. The molecule has 0 aromatic carbocycles. The van der Waals surface area contributed by atoms with Crippen molar-refractivity contribution in [3.05, 3.63) is 17.5 Å². The van der Waals surface area contributed by atoms with E-state index in [1.165, 1.54) is 6.42 Å². The van der Waals surface area contributed by atoms with E-state index >= 15 is 0 Å². The quantitative estimate of drug-likeness (QED) is 0.771. The number of carbonyl (C=O) groups excluding carboxylic acids is 1. The molecule has 4 nitrogen and oxygen atoms in total. The number of aromatic nitrogens is 1. The average Bonchev–Trinajstić information content (AvgIpc) is 2.75. The van der Waals surface area contributed by atoms with Crippen molar-refractivity contribution in [3.8, 4) is 0 Å². The first-order chi connectivity index (χ1) is 7.70. The first-order valence-electron chi connectivity index (χ1n) is 5.93. The first-order valence-corrected chi connectivity index (χ1v) is 5.93. The van der Waals surface area contributed by atoms with Crippen molar-refractivity contribution in [2.24, 2.45) is 5.92 Å². The Morgan fingerprint density at radius 1 is 1.56 bits per heavy atom. The molecule has 88 valence electrons. The van der Waals surface area contributed by atoms with Gasteiger partial charge in [0.2, 0.25) is 0 Å². The number of amides is 1. The van der Waals surface area contributed by atoms with Gasteiger partial charge in [0.15, 0.2) is 5.69 Å². The smallest absolute Gasteiger partial charge is 0.276 e. The highest BCUT2D eigenvalue weighted by Crippen LogP contribution is 2.21. The maximum atomic E-state index is 12.0. The van der Waals surface area contributed by atoms with Crippen molar-refractivity contribution in [1.82, 2.24) is 10.1 Å². The normalized spacial score (nSPS) is 17.8. The molecule has 4 heteroatoms. The van der Waals surface area contributed by atoms with Gasteiger partial charge < -0.3 is 9.42 Å². The summed E-state index contributed by atoms with van der Waals surface area (Å²) in [7, 11) is 0. The zero-order valence-corrected chi connectivity index (χ0v) is 9.90. The minimum Gasteiger partial charge on any atom is -0.361 e. The molecule has 0 saturated carbocycles. The third-order valence-corrected chi connectivity index (χ3v) is 3.33. The zero-order valence-electron chi connectivity index (χ0n) is 9.90. The molecule has 0 bridgehead atoms. The second-order valence-electron chi connectivity index (χ2n) is 4.47. The van der Waals surface area contributed by atoms with Crippen molar-refractivity contribution >= 4 is 5.91 Å². The van der Waals surface area contributed by atoms with Crippen molar-refractivity contribution in [1.29, 1.82) is 0 Å². The Labute approximate surface area is 95.6 Å². The van der Waals surface area contributed by atoms with Gasteiger partial charge in [-0.15, -0.1) is 0 Å². The van der Waals surface area contributed by atoms with Crippen molar-refractivity contribution in [2.45, 2.75) is 33.1 Å². The lowest BCUT2D eigenvalue weighted by atomic mass is 9.94. The summed E-state index contributed by atoms with van der Waals surface area (Å²) >= 11 is 0. The summed E-state index contributed by atoms with van der Waals surface area (Å²) in [4.78, 5) is 13.9. The predicted molar refractivity (Wildman–Crippen MR) is 60.2 cm³/mol. The van der Waals surface area contributed by atoms with Gasteiger partial charge in [-0.1, -0.05) is 18.5 Å². The van der Waals surface area contributed by atoms with Gasteiger partial charge in [0.05, 0.1) is 0 Å². The number of rotatable bonds is 2. The van der Waals surface area contributed by atoms with Crippen LogP contribution in [0.3, 0.4) is 0 Å². The first kappa shape index (κ1) is 11.2. The zero-order chi connectivity index (χ0) is 11.5. The summed E-state index contributed by atoms with van der Waals surface area (Å²) in [6, 6.07) is 1.70. The maximum absolute atomic E-state index is 12.0. The van der Waals surface area contributed by atoms with E-state index < -0.39 is 0 Å². The molecule has 1 amide bonds. The maximum Gasteiger partial charge on any atom is 0.276 e. The number of piperidine rings is 1. The van der Waals surface area contributed by atoms with Crippen LogP contribution in [0.2, 0.25) is 0 Å². The van der Waals surface area contributed by atoms with Gasteiger partial charge in [-0.2, -0.15) is 0 Å². The molecule has 2 rings (SSSR count). The Balaban J connectivity index is 1.96. The summed E-state index contributed by atoms with van der Waals surface area (Å²) in [6.45, 7) is 5.71. The van der Waals surface area contributed by atoms with Crippen LogP contribution in [0.4, 0.5) is 0 Å². The van der Waals surface area contributed by atoms with E-state index in [-0.39, 0.29) is 5.91 Å². The van der Waals surface area contributed by atoms with E-state index in [0.29, 0.717) is 11.5 Å².